The van der Waals surface area contributed by atoms with Gasteiger partial charge in [0.25, 0.3) is 0 Å². The zero-order valence-corrected chi connectivity index (χ0v) is 10.9. The fourth-order valence-corrected chi connectivity index (χ4v) is 1.88. The molecule has 0 aliphatic carbocycles. The number of hydrogen-bond donors (Lipinski definition) is 1. The molecule has 1 aliphatic rings. The van der Waals surface area contributed by atoms with Crippen LogP contribution in [0.3, 0.4) is 0 Å². The molecule has 1 rings (SSSR count). The van der Waals surface area contributed by atoms with Gasteiger partial charge in [-0.2, -0.15) is 0 Å². The van der Waals surface area contributed by atoms with Crippen LogP contribution in [-0.2, 0) is 9.53 Å². The number of piperidine rings is 1. The zero-order valence-electron chi connectivity index (χ0n) is 10.9. The summed E-state index contributed by atoms with van der Waals surface area (Å²) in [6, 6.07) is 0. The van der Waals surface area contributed by atoms with Gasteiger partial charge in [-0.3, -0.25) is 4.79 Å². The standard InChI is InChI=1S/C12H21NO4/c1-8-5-6-13(7-9(8)10(14)15)11(16)17-12(2,3)4/h8-9H,5-7H2,1-4H3,(H,14,15)/t8-,9-/m0/s1. The molecular formula is C12H21NO4. The number of nitrogens with zero attached hydrogens (tertiary/aromatic N) is 1. The summed E-state index contributed by atoms with van der Waals surface area (Å²) in [4.78, 5) is 24.3. The van der Waals surface area contributed by atoms with E-state index in [9.17, 15) is 9.59 Å². The predicted octanol–water partition coefficient (Wildman–Crippen LogP) is 1.96. The molecular weight excluding hydrogens is 222 g/mol. The molecule has 1 amide bonds. The molecule has 0 bridgehead atoms. The van der Waals surface area contributed by atoms with E-state index < -0.39 is 23.6 Å². The van der Waals surface area contributed by atoms with E-state index in [1.165, 1.54) is 4.90 Å². The minimum absolute atomic E-state index is 0.103. The Balaban J connectivity index is 2.62. The van der Waals surface area contributed by atoms with Crippen LogP contribution in [-0.4, -0.2) is 40.8 Å². The molecule has 5 nitrogen and oxygen atoms in total. The van der Waals surface area contributed by atoms with Crippen molar-refractivity contribution < 1.29 is 19.4 Å². The first kappa shape index (κ1) is 13.8. The first-order chi connectivity index (χ1) is 7.70. The van der Waals surface area contributed by atoms with E-state index in [1.54, 1.807) is 20.8 Å². The van der Waals surface area contributed by atoms with Gasteiger partial charge < -0.3 is 14.7 Å². The molecule has 0 aromatic carbocycles. The van der Waals surface area contributed by atoms with Gasteiger partial charge in [0.2, 0.25) is 0 Å². The highest BCUT2D eigenvalue weighted by molar-refractivity contribution is 5.73. The molecule has 1 fully saturated rings. The van der Waals surface area contributed by atoms with E-state index in [0.717, 1.165) is 0 Å². The first-order valence-corrected chi connectivity index (χ1v) is 5.91. The quantitative estimate of drug-likeness (QED) is 0.764. The molecule has 0 saturated carbocycles. The maximum atomic E-state index is 11.8. The maximum absolute atomic E-state index is 11.8. The van der Waals surface area contributed by atoms with Crippen LogP contribution in [0.15, 0.2) is 0 Å². The molecule has 0 spiro atoms. The molecule has 0 unspecified atom stereocenters. The maximum Gasteiger partial charge on any atom is 0.410 e. The summed E-state index contributed by atoms with van der Waals surface area (Å²) in [5.41, 5.74) is -0.543. The Labute approximate surface area is 102 Å². The minimum Gasteiger partial charge on any atom is -0.481 e. The van der Waals surface area contributed by atoms with Crippen molar-refractivity contribution in [2.75, 3.05) is 13.1 Å². The molecule has 1 aliphatic heterocycles. The van der Waals surface area contributed by atoms with Gasteiger partial charge in [-0.25, -0.2) is 4.79 Å². The summed E-state index contributed by atoms with van der Waals surface area (Å²) in [6.45, 7) is 8.11. The number of carbonyl (C=O) groups excluding carboxylic acids is 1. The average Bonchev–Trinajstić information content (AvgIpc) is 2.14. The van der Waals surface area contributed by atoms with Crippen molar-refractivity contribution >= 4 is 12.1 Å². The number of likely N-dealkylation sites (tertiary alicyclic amines) is 1. The van der Waals surface area contributed by atoms with E-state index in [4.69, 9.17) is 9.84 Å². The monoisotopic (exact) mass is 243 g/mol. The predicted molar refractivity (Wildman–Crippen MR) is 62.7 cm³/mol. The summed E-state index contributed by atoms with van der Waals surface area (Å²) >= 11 is 0. The highest BCUT2D eigenvalue weighted by Gasteiger charge is 2.35. The van der Waals surface area contributed by atoms with Crippen LogP contribution in [0.1, 0.15) is 34.1 Å². The molecule has 0 aromatic rings. The Hall–Kier alpha value is -1.26. The van der Waals surface area contributed by atoms with Crippen molar-refractivity contribution in [3.63, 3.8) is 0 Å². The Morgan fingerprint density at radius 1 is 1.35 bits per heavy atom. The lowest BCUT2D eigenvalue weighted by molar-refractivity contribution is -0.145. The highest BCUT2D eigenvalue weighted by Crippen LogP contribution is 2.24. The minimum atomic E-state index is -0.842. The molecule has 1 N–H and O–H groups in total. The summed E-state index contributed by atoms with van der Waals surface area (Å²) in [5, 5.41) is 9.06. The molecule has 98 valence electrons. The normalized spacial score (nSPS) is 25.5. The van der Waals surface area contributed by atoms with Gasteiger partial charge in [0, 0.05) is 13.1 Å². The lowest BCUT2D eigenvalue weighted by Gasteiger charge is -2.35. The van der Waals surface area contributed by atoms with Crippen LogP contribution >= 0.6 is 0 Å². The molecule has 17 heavy (non-hydrogen) atoms. The van der Waals surface area contributed by atoms with Gasteiger partial charge >= 0.3 is 12.1 Å². The van der Waals surface area contributed by atoms with Crippen molar-refractivity contribution in [1.29, 1.82) is 0 Å². The van der Waals surface area contributed by atoms with E-state index in [2.05, 4.69) is 0 Å². The SMILES string of the molecule is C[C@H]1CCN(C(=O)OC(C)(C)C)C[C@@H]1C(=O)O. The smallest absolute Gasteiger partial charge is 0.410 e. The summed E-state index contributed by atoms with van der Waals surface area (Å²) in [5.74, 6) is -1.23. The van der Waals surface area contributed by atoms with Crippen LogP contribution in [0.4, 0.5) is 4.79 Å². The largest absolute Gasteiger partial charge is 0.481 e. The number of rotatable bonds is 1. The van der Waals surface area contributed by atoms with Gasteiger partial charge in [0.1, 0.15) is 5.60 Å². The first-order valence-electron chi connectivity index (χ1n) is 5.91. The Bertz CT molecular complexity index is 308. The number of amides is 1. The summed E-state index contributed by atoms with van der Waals surface area (Å²) in [7, 11) is 0. The van der Waals surface area contributed by atoms with Gasteiger partial charge in [0.05, 0.1) is 5.92 Å². The summed E-state index contributed by atoms with van der Waals surface area (Å²) in [6.07, 6.45) is 0.284. The highest BCUT2D eigenvalue weighted by atomic mass is 16.6. The third-order valence-electron chi connectivity index (χ3n) is 2.93. The number of ether oxygens (including phenoxy) is 1. The Morgan fingerprint density at radius 2 is 1.94 bits per heavy atom. The topological polar surface area (TPSA) is 66.8 Å². The lowest BCUT2D eigenvalue weighted by Crippen LogP contribution is -2.47. The number of aliphatic carboxylic acids is 1. The number of hydrogen-bond acceptors (Lipinski definition) is 3. The molecule has 1 saturated heterocycles. The molecule has 1 heterocycles. The van der Waals surface area contributed by atoms with Crippen LogP contribution in [0.5, 0.6) is 0 Å². The van der Waals surface area contributed by atoms with Crippen LogP contribution < -0.4 is 0 Å². The Kier molecular flexibility index (Phi) is 4.01. The van der Waals surface area contributed by atoms with Gasteiger partial charge in [-0.05, 0) is 33.1 Å². The fraction of sp³-hybridized carbons (Fsp3) is 0.833. The van der Waals surface area contributed by atoms with Gasteiger partial charge in [-0.15, -0.1) is 0 Å². The molecule has 0 aromatic heterocycles. The third kappa shape index (κ3) is 3.91. The second-order valence-corrected chi connectivity index (χ2v) is 5.64. The zero-order chi connectivity index (χ0) is 13.2. The van der Waals surface area contributed by atoms with Crippen molar-refractivity contribution in [2.45, 2.75) is 39.7 Å². The van der Waals surface area contributed by atoms with Crippen LogP contribution in [0.25, 0.3) is 0 Å². The second kappa shape index (κ2) is 4.94. The number of carboxylic acids is 1. The van der Waals surface area contributed by atoms with Crippen LogP contribution in [0.2, 0.25) is 0 Å². The average molecular weight is 243 g/mol. The summed E-state index contributed by atoms with van der Waals surface area (Å²) < 4.78 is 5.23. The lowest BCUT2D eigenvalue weighted by atomic mass is 9.87. The third-order valence-corrected chi connectivity index (χ3v) is 2.93. The van der Waals surface area contributed by atoms with Gasteiger partial charge in [0.15, 0.2) is 0 Å². The van der Waals surface area contributed by atoms with E-state index in [-0.39, 0.29) is 12.5 Å². The van der Waals surface area contributed by atoms with Crippen LogP contribution in [0, 0.1) is 11.8 Å². The Morgan fingerprint density at radius 3 is 2.41 bits per heavy atom. The second-order valence-electron chi connectivity index (χ2n) is 5.64. The van der Waals surface area contributed by atoms with Crippen molar-refractivity contribution in [1.82, 2.24) is 4.90 Å². The number of carboxylic acid groups (broad SMARTS) is 1. The van der Waals surface area contributed by atoms with E-state index >= 15 is 0 Å². The van der Waals surface area contributed by atoms with E-state index in [1.807, 2.05) is 6.92 Å². The fourth-order valence-electron chi connectivity index (χ4n) is 1.88. The molecule has 2 atom stereocenters. The van der Waals surface area contributed by atoms with Crippen molar-refractivity contribution in [2.24, 2.45) is 11.8 Å². The van der Waals surface area contributed by atoms with E-state index in [0.29, 0.717) is 13.0 Å². The van der Waals surface area contributed by atoms with Crippen molar-refractivity contribution in [3.8, 4) is 0 Å². The molecule has 0 radical (unpaired) electrons. The van der Waals surface area contributed by atoms with Gasteiger partial charge in [-0.1, -0.05) is 6.92 Å². The number of carbonyl (C=O) groups is 2. The van der Waals surface area contributed by atoms with Crippen molar-refractivity contribution in [3.05, 3.63) is 0 Å². The molecule has 5 heteroatoms.